The number of nitrogens with zero attached hydrogens (tertiary/aromatic N) is 3. The number of halogens is 1. The van der Waals surface area contributed by atoms with Gasteiger partial charge in [0.15, 0.2) is 4.34 Å². The van der Waals surface area contributed by atoms with Crippen LogP contribution >= 0.6 is 34.7 Å². The largest absolute Gasteiger partial charge is 0.335 e. The maximum atomic E-state index is 12.4. The third kappa shape index (κ3) is 3.56. The van der Waals surface area contributed by atoms with Gasteiger partial charge in [-0.2, -0.15) is 0 Å². The summed E-state index contributed by atoms with van der Waals surface area (Å²) < 4.78 is 0.835. The summed E-state index contributed by atoms with van der Waals surface area (Å²) in [7, 11) is 0. The van der Waals surface area contributed by atoms with E-state index in [4.69, 9.17) is 11.6 Å². The normalized spacial score (nSPS) is 18.1. The number of carbonyl (C=O) groups excluding carboxylic acids is 1. The van der Waals surface area contributed by atoms with Gasteiger partial charge in [-0.15, -0.1) is 10.2 Å². The van der Waals surface area contributed by atoms with Crippen LogP contribution in [0.4, 0.5) is 0 Å². The fourth-order valence-electron chi connectivity index (χ4n) is 2.56. The number of likely N-dealkylation sites (tertiary alicyclic amines) is 1. The Morgan fingerprint density at radius 3 is 3.19 bits per heavy atom. The first kappa shape index (κ1) is 14.8. The van der Waals surface area contributed by atoms with Gasteiger partial charge in [0.05, 0.1) is 11.8 Å². The van der Waals surface area contributed by atoms with Crippen molar-refractivity contribution in [1.82, 2.24) is 15.1 Å². The SMILES string of the molecule is O=C(CSc1nncs1)N1CCCC1c1cccc(Cl)c1. The molecule has 0 N–H and O–H groups in total. The third-order valence-electron chi connectivity index (χ3n) is 3.47. The lowest BCUT2D eigenvalue weighted by Gasteiger charge is -2.25. The van der Waals surface area contributed by atoms with Gasteiger partial charge in [-0.05, 0) is 30.5 Å². The van der Waals surface area contributed by atoms with Gasteiger partial charge in [0.25, 0.3) is 0 Å². The Labute approximate surface area is 136 Å². The summed E-state index contributed by atoms with van der Waals surface area (Å²) in [6.07, 6.45) is 2.03. The first-order valence-electron chi connectivity index (χ1n) is 6.68. The van der Waals surface area contributed by atoms with E-state index in [9.17, 15) is 4.79 Å². The molecule has 1 atom stereocenters. The molecule has 1 fully saturated rings. The molecule has 0 bridgehead atoms. The molecule has 4 nitrogen and oxygen atoms in total. The molecule has 3 rings (SSSR count). The maximum absolute atomic E-state index is 12.4. The number of aromatic nitrogens is 2. The van der Waals surface area contributed by atoms with E-state index in [0.717, 1.165) is 34.3 Å². The molecule has 1 unspecified atom stereocenters. The molecule has 0 spiro atoms. The van der Waals surface area contributed by atoms with E-state index in [1.165, 1.54) is 23.1 Å². The quantitative estimate of drug-likeness (QED) is 0.798. The number of rotatable bonds is 4. The summed E-state index contributed by atoms with van der Waals surface area (Å²) in [5.74, 6) is 0.560. The van der Waals surface area contributed by atoms with Crippen molar-refractivity contribution in [3.05, 3.63) is 40.4 Å². The second-order valence-electron chi connectivity index (χ2n) is 4.79. The first-order chi connectivity index (χ1) is 10.2. The average molecular weight is 340 g/mol. The molecule has 7 heteroatoms. The third-order valence-corrected chi connectivity index (χ3v) is 5.55. The lowest BCUT2D eigenvalue weighted by molar-refractivity contribution is -0.129. The Morgan fingerprint density at radius 1 is 1.52 bits per heavy atom. The second kappa shape index (κ2) is 6.77. The summed E-state index contributed by atoms with van der Waals surface area (Å²) >= 11 is 8.97. The second-order valence-corrected chi connectivity index (χ2v) is 7.29. The molecule has 1 amide bonds. The molecule has 1 aromatic carbocycles. The molecular formula is C14H14ClN3OS2. The Hall–Kier alpha value is -1.11. The summed E-state index contributed by atoms with van der Waals surface area (Å²) in [6, 6.07) is 7.94. The van der Waals surface area contributed by atoms with E-state index in [1.54, 1.807) is 5.51 Å². The number of amides is 1. The molecule has 1 aliphatic heterocycles. The minimum absolute atomic E-state index is 0.145. The number of hydrogen-bond donors (Lipinski definition) is 0. The van der Waals surface area contributed by atoms with Crippen LogP contribution in [0, 0.1) is 0 Å². The molecule has 1 aromatic heterocycles. The zero-order chi connectivity index (χ0) is 14.7. The van der Waals surface area contributed by atoms with E-state index in [-0.39, 0.29) is 11.9 Å². The maximum Gasteiger partial charge on any atom is 0.233 e. The van der Waals surface area contributed by atoms with Gasteiger partial charge < -0.3 is 4.90 Å². The van der Waals surface area contributed by atoms with Gasteiger partial charge >= 0.3 is 0 Å². The van der Waals surface area contributed by atoms with Gasteiger partial charge in [0.2, 0.25) is 5.91 Å². The molecular weight excluding hydrogens is 326 g/mol. The highest BCUT2D eigenvalue weighted by molar-refractivity contribution is 8.01. The van der Waals surface area contributed by atoms with Gasteiger partial charge in [-0.3, -0.25) is 4.79 Å². The van der Waals surface area contributed by atoms with Crippen LogP contribution in [0.25, 0.3) is 0 Å². The molecule has 110 valence electrons. The number of thioether (sulfide) groups is 1. The molecule has 0 saturated carbocycles. The molecule has 0 aliphatic carbocycles. The van der Waals surface area contributed by atoms with Crippen molar-refractivity contribution in [3.63, 3.8) is 0 Å². The van der Waals surface area contributed by atoms with Crippen molar-refractivity contribution in [2.24, 2.45) is 0 Å². The summed E-state index contributed by atoms with van der Waals surface area (Å²) in [5.41, 5.74) is 2.80. The van der Waals surface area contributed by atoms with Gasteiger partial charge in [-0.25, -0.2) is 0 Å². The van der Waals surface area contributed by atoms with E-state index < -0.39 is 0 Å². The average Bonchev–Trinajstić information content (AvgIpc) is 3.16. The van der Waals surface area contributed by atoms with E-state index in [2.05, 4.69) is 10.2 Å². The minimum Gasteiger partial charge on any atom is -0.335 e. The van der Waals surface area contributed by atoms with Gasteiger partial charge in [-0.1, -0.05) is 46.8 Å². The fraction of sp³-hybridized carbons (Fsp3) is 0.357. The van der Waals surface area contributed by atoms with Crippen LogP contribution in [0.1, 0.15) is 24.4 Å². The zero-order valence-electron chi connectivity index (χ0n) is 11.2. The lowest BCUT2D eigenvalue weighted by atomic mass is 10.0. The van der Waals surface area contributed by atoms with Crippen LogP contribution in [0.3, 0.4) is 0 Å². The molecule has 1 aliphatic rings. The summed E-state index contributed by atoms with van der Waals surface area (Å²) in [5, 5.41) is 8.44. The van der Waals surface area contributed by atoms with Crippen molar-refractivity contribution in [3.8, 4) is 0 Å². The summed E-state index contributed by atoms with van der Waals surface area (Å²) in [6.45, 7) is 0.812. The standard InChI is InChI=1S/C14H14ClN3OS2/c15-11-4-1-3-10(7-11)12-5-2-6-18(12)13(19)8-20-14-17-16-9-21-14/h1,3-4,7,9,12H,2,5-6,8H2. The van der Waals surface area contributed by atoms with Crippen molar-refractivity contribution in [1.29, 1.82) is 0 Å². The highest BCUT2D eigenvalue weighted by Gasteiger charge is 2.29. The molecule has 2 heterocycles. The van der Waals surface area contributed by atoms with Crippen LogP contribution in [0.15, 0.2) is 34.1 Å². The van der Waals surface area contributed by atoms with E-state index in [0.29, 0.717) is 5.75 Å². The van der Waals surface area contributed by atoms with Crippen LogP contribution in [0.2, 0.25) is 5.02 Å². The van der Waals surface area contributed by atoms with Crippen molar-refractivity contribution in [2.75, 3.05) is 12.3 Å². The van der Waals surface area contributed by atoms with E-state index in [1.807, 2.05) is 29.2 Å². The Bertz CT molecular complexity index is 620. The van der Waals surface area contributed by atoms with E-state index >= 15 is 0 Å². The molecule has 0 radical (unpaired) electrons. The first-order valence-corrected chi connectivity index (χ1v) is 8.92. The zero-order valence-corrected chi connectivity index (χ0v) is 13.6. The van der Waals surface area contributed by atoms with Crippen molar-refractivity contribution < 1.29 is 4.79 Å². The highest BCUT2D eigenvalue weighted by Crippen LogP contribution is 2.33. The molecule has 2 aromatic rings. The van der Waals surface area contributed by atoms with Crippen LogP contribution in [-0.4, -0.2) is 33.3 Å². The molecule has 1 saturated heterocycles. The van der Waals surface area contributed by atoms with Gasteiger partial charge in [0, 0.05) is 11.6 Å². The minimum atomic E-state index is 0.145. The topological polar surface area (TPSA) is 46.1 Å². The number of benzene rings is 1. The monoisotopic (exact) mass is 339 g/mol. The molecule has 21 heavy (non-hydrogen) atoms. The van der Waals surface area contributed by atoms with Crippen molar-refractivity contribution >= 4 is 40.6 Å². The number of hydrogen-bond acceptors (Lipinski definition) is 5. The predicted molar refractivity (Wildman–Crippen MR) is 85.8 cm³/mol. The fourth-order valence-corrected chi connectivity index (χ4v) is 4.13. The van der Waals surface area contributed by atoms with Gasteiger partial charge in [0.1, 0.15) is 5.51 Å². The summed E-state index contributed by atoms with van der Waals surface area (Å²) in [4.78, 5) is 14.4. The van der Waals surface area contributed by atoms with Crippen molar-refractivity contribution in [2.45, 2.75) is 23.2 Å². The van der Waals surface area contributed by atoms with Crippen LogP contribution in [0.5, 0.6) is 0 Å². The smallest absolute Gasteiger partial charge is 0.233 e. The Kier molecular flexibility index (Phi) is 4.77. The Morgan fingerprint density at radius 2 is 2.43 bits per heavy atom. The highest BCUT2D eigenvalue weighted by atomic mass is 35.5. The lowest BCUT2D eigenvalue weighted by Crippen LogP contribution is -2.31. The predicted octanol–water partition coefficient (Wildman–Crippen LogP) is 3.65. The Balaban J connectivity index is 1.67. The van der Waals surface area contributed by atoms with Crippen LogP contribution in [-0.2, 0) is 4.79 Å². The number of carbonyl (C=O) groups is 1. The van der Waals surface area contributed by atoms with Crippen LogP contribution < -0.4 is 0 Å².